The van der Waals surface area contributed by atoms with E-state index in [1.807, 2.05) is 25.1 Å². The van der Waals surface area contributed by atoms with Crippen LogP contribution >= 0.6 is 6.04 Å². The summed E-state index contributed by atoms with van der Waals surface area (Å²) in [7, 11) is 0. The largest absolute Gasteiger partial charge is 0.299 e. The molecule has 1 aliphatic heterocycles. The summed E-state index contributed by atoms with van der Waals surface area (Å²) in [6.45, 7) is 2.02. The molecule has 0 aromatic heterocycles. The Morgan fingerprint density at radius 1 is 1.33 bits per heavy atom. The smallest absolute Gasteiger partial charge is 0.136 e. The van der Waals surface area contributed by atoms with E-state index in [0.717, 1.165) is 12.3 Å². The van der Waals surface area contributed by atoms with Crippen molar-refractivity contribution >= 4 is 28.9 Å². The standard InChI is InChI=1S/C12H15OPS/c1-10-9-14(15,8-7-12(10)13)11-5-3-2-4-6-11/h2-6,10H,7-9H2,1H3/t10-,14-/m0/s1. The topological polar surface area (TPSA) is 17.1 Å². The van der Waals surface area contributed by atoms with Crippen molar-refractivity contribution in [1.82, 2.24) is 0 Å². The van der Waals surface area contributed by atoms with Crippen molar-refractivity contribution in [3.05, 3.63) is 30.3 Å². The minimum Gasteiger partial charge on any atom is -0.299 e. The van der Waals surface area contributed by atoms with Gasteiger partial charge in [-0.2, -0.15) is 0 Å². The summed E-state index contributed by atoms with van der Waals surface area (Å²) in [6, 6.07) is 8.92. The Balaban J connectivity index is 2.29. The van der Waals surface area contributed by atoms with Crippen LogP contribution in [0.1, 0.15) is 13.3 Å². The maximum absolute atomic E-state index is 11.5. The van der Waals surface area contributed by atoms with Crippen LogP contribution in [0.3, 0.4) is 0 Å². The number of hydrogen-bond acceptors (Lipinski definition) is 2. The van der Waals surface area contributed by atoms with Gasteiger partial charge in [-0.25, -0.2) is 0 Å². The first-order valence-electron chi connectivity index (χ1n) is 5.28. The van der Waals surface area contributed by atoms with Crippen LogP contribution in [0.4, 0.5) is 0 Å². The second kappa shape index (κ2) is 4.19. The van der Waals surface area contributed by atoms with Gasteiger partial charge in [-0.1, -0.05) is 49.1 Å². The number of hydrogen-bond donors (Lipinski definition) is 0. The van der Waals surface area contributed by atoms with Gasteiger partial charge in [0.15, 0.2) is 0 Å². The molecule has 2 atom stereocenters. The van der Waals surface area contributed by atoms with Gasteiger partial charge in [-0.05, 0) is 23.7 Å². The molecule has 1 aromatic carbocycles. The summed E-state index contributed by atoms with van der Waals surface area (Å²) < 4.78 is 0. The van der Waals surface area contributed by atoms with Crippen LogP contribution in [0, 0.1) is 5.92 Å². The predicted molar refractivity (Wildman–Crippen MR) is 68.9 cm³/mol. The zero-order valence-corrected chi connectivity index (χ0v) is 10.6. The van der Waals surface area contributed by atoms with Gasteiger partial charge in [0.2, 0.25) is 0 Å². The summed E-state index contributed by atoms with van der Waals surface area (Å²) in [5.74, 6) is 0.566. The summed E-state index contributed by atoms with van der Waals surface area (Å²) in [5.41, 5.74) is 0. The van der Waals surface area contributed by atoms with Gasteiger partial charge in [0, 0.05) is 12.3 Å². The van der Waals surface area contributed by atoms with Gasteiger partial charge in [0.1, 0.15) is 5.78 Å². The third-order valence-electron chi connectivity index (χ3n) is 3.06. The Hall–Kier alpha value is -0.460. The summed E-state index contributed by atoms with van der Waals surface area (Å²) in [6.07, 6.45) is 2.54. The maximum Gasteiger partial charge on any atom is 0.136 e. The highest BCUT2D eigenvalue weighted by Crippen LogP contribution is 2.50. The lowest BCUT2D eigenvalue weighted by molar-refractivity contribution is -0.121. The van der Waals surface area contributed by atoms with E-state index in [1.54, 1.807) is 0 Å². The second-order valence-electron chi connectivity index (χ2n) is 4.25. The molecule has 0 N–H and O–H groups in total. The molecule has 0 bridgehead atoms. The van der Waals surface area contributed by atoms with Crippen LogP contribution in [-0.2, 0) is 16.6 Å². The quantitative estimate of drug-likeness (QED) is 0.699. The Kier molecular flexibility index (Phi) is 3.08. The number of rotatable bonds is 1. The molecule has 0 amide bonds. The van der Waals surface area contributed by atoms with Crippen molar-refractivity contribution in [1.29, 1.82) is 0 Å². The number of ketones is 1. The minimum absolute atomic E-state index is 0.171. The third-order valence-corrected chi connectivity index (χ3v) is 8.01. The lowest BCUT2D eigenvalue weighted by atomic mass is 10.1. The van der Waals surface area contributed by atoms with Gasteiger partial charge in [0.25, 0.3) is 0 Å². The monoisotopic (exact) mass is 238 g/mol. The Morgan fingerprint density at radius 3 is 2.60 bits per heavy atom. The van der Waals surface area contributed by atoms with E-state index in [0.29, 0.717) is 12.2 Å². The van der Waals surface area contributed by atoms with E-state index >= 15 is 0 Å². The predicted octanol–water partition coefficient (Wildman–Crippen LogP) is 2.40. The van der Waals surface area contributed by atoms with Crippen molar-refractivity contribution in [3.63, 3.8) is 0 Å². The molecular formula is C12H15OPS. The van der Waals surface area contributed by atoms with Crippen LogP contribution in [0.25, 0.3) is 0 Å². The zero-order valence-electron chi connectivity index (χ0n) is 8.85. The van der Waals surface area contributed by atoms with E-state index in [-0.39, 0.29) is 5.92 Å². The van der Waals surface area contributed by atoms with E-state index in [2.05, 4.69) is 12.1 Å². The van der Waals surface area contributed by atoms with Crippen molar-refractivity contribution in [2.24, 2.45) is 5.92 Å². The SMILES string of the molecule is C[C@H]1C[P@](=S)(c2ccccc2)CCC1=O. The molecule has 1 nitrogen and oxygen atoms in total. The third kappa shape index (κ3) is 2.21. The molecule has 0 saturated carbocycles. The van der Waals surface area contributed by atoms with E-state index in [9.17, 15) is 4.79 Å². The number of carbonyl (C=O) groups excluding carboxylic acids is 1. The first kappa shape index (κ1) is 11.0. The average molecular weight is 238 g/mol. The lowest BCUT2D eigenvalue weighted by Crippen LogP contribution is -2.27. The number of Topliss-reactive ketones (excluding diaryl/α,β-unsaturated/α-hetero) is 1. The van der Waals surface area contributed by atoms with Gasteiger partial charge in [-0.3, -0.25) is 4.79 Å². The molecule has 0 radical (unpaired) electrons. The molecule has 1 saturated heterocycles. The Bertz CT molecular complexity index is 413. The lowest BCUT2D eigenvalue weighted by Gasteiger charge is -2.30. The highest BCUT2D eigenvalue weighted by Gasteiger charge is 2.31. The molecule has 15 heavy (non-hydrogen) atoms. The molecule has 2 rings (SSSR count). The Morgan fingerprint density at radius 2 is 2.00 bits per heavy atom. The molecule has 0 unspecified atom stereocenters. The van der Waals surface area contributed by atoms with Gasteiger partial charge in [-0.15, -0.1) is 0 Å². The van der Waals surface area contributed by atoms with E-state index in [1.165, 1.54) is 5.30 Å². The fraction of sp³-hybridized carbons (Fsp3) is 0.417. The molecule has 1 fully saturated rings. The molecule has 0 spiro atoms. The normalized spacial score (nSPS) is 31.5. The molecule has 1 aliphatic rings. The van der Waals surface area contributed by atoms with Crippen LogP contribution in [-0.4, -0.2) is 18.1 Å². The molecule has 3 heteroatoms. The fourth-order valence-electron chi connectivity index (χ4n) is 2.11. The van der Waals surface area contributed by atoms with Crippen molar-refractivity contribution in [2.75, 3.05) is 12.3 Å². The molecular weight excluding hydrogens is 223 g/mol. The van der Waals surface area contributed by atoms with Crippen molar-refractivity contribution in [2.45, 2.75) is 13.3 Å². The van der Waals surface area contributed by atoms with Crippen LogP contribution < -0.4 is 5.30 Å². The fourth-order valence-corrected chi connectivity index (χ4v) is 6.45. The summed E-state index contributed by atoms with van der Waals surface area (Å²) >= 11 is 5.81. The molecule has 1 heterocycles. The minimum atomic E-state index is -1.45. The molecule has 80 valence electrons. The highest BCUT2D eigenvalue weighted by atomic mass is 32.4. The average Bonchev–Trinajstić information content (AvgIpc) is 2.26. The highest BCUT2D eigenvalue weighted by molar-refractivity contribution is 8.18. The van der Waals surface area contributed by atoms with E-state index in [4.69, 9.17) is 11.8 Å². The first-order chi connectivity index (χ1) is 7.12. The maximum atomic E-state index is 11.5. The second-order valence-corrected chi connectivity index (χ2v) is 9.45. The van der Waals surface area contributed by atoms with Gasteiger partial charge >= 0.3 is 0 Å². The van der Waals surface area contributed by atoms with E-state index < -0.39 is 6.04 Å². The van der Waals surface area contributed by atoms with Crippen LogP contribution in [0.2, 0.25) is 0 Å². The van der Waals surface area contributed by atoms with Crippen molar-refractivity contribution < 1.29 is 4.79 Å². The molecule has 0 aliphatic carbocycles. The summed E-state index contributed by atoms with van der Waals surface area (Å²) in [4.78, 5) is 11.5. The summed E-state index contributed by atoms with van der Waals surface area (Å²) in [5, 5.41) is 1.30. The van der Waals surface area contributed by atoms with Crippen LogP contribution in [0.5, 0.6) is 0 Å². The Labute approximate surface area is 95.9 Å². The number of benzene rings is 1. The van der Waals surface area contributed by atoms with Gasteiger partial charge in [0.05, 0.1) is 0 Å². The van der Waals surface area contributed by atoms with Crippen LogP contribution in [0.15, 0.2) is 30.3 Å². The number of carbonyl (C=O) groups is 1. The van der Waals surface area contributed by atoms with Crippen molar-refractivity contribution in [3.8, 4) is 0 Å². The van der Waals surface area contributed by atoms with Gasteiger partial charge < -0.3 is 0 Å². The zero-order chi connectivity index (χ0) is 10.9. The first-order valence-corrected chi connectivity index (χ1v) is 8.45. The molecule has 1 aromatic rings.